The molecule has 0 saturated carbocycles. The Balaban J connectivity index is 2.27. The first-order valence-electron chi connectivity index (χ1n) is 5.74. The molecule has 0 spiro atoms. The van der Waals surface area contributed by atoms with E-state index in [0.717, 1.165) is 4.47 Å². The smallest absolute Gasteiger partial charge is 0.141 e. The Bertz CT molecular complexity index is 590. The summed E-state index contributed by atoms with van der Waals surface area (Å²) < 4.78 is 12.0. The predicted octanol–water partition coefficient (Wildman–Crippen LogP) is 4.88. The van der Waals surface area contributed by atoms with Gasteiger partial charge in [-0.1, -0.05) is 11.6 Å². The molecular weight excluding hydrogens is 330 g/mol. The molecule has 5 heteroatoms. The number of nitrogen functional groups attached to an aromatic ring is 1. The number of nitrogens with two attached hydrogens (primary N) is 1. The van der Waals surface area contributed by atoms with Crippen LogP contribution in [0.25, 0.3) is 0 Å². The van der Waals surface area contributed by atoms with Gasteiger partial charge >= 0.3 is 0 Å². The van der Waals surface area contributed by atoms with Crippen LogP contribution >= 0.6 is 27.5 Å². The maximum Gasteiger partial charge on any atom is 0.141 e. The average Bonchev–Trinajstić information content (AvgIpc) is 2.32. The Morgan fingerprint density at radius 1 is 1.16 bits per heavy atom. The van der Waals surface area contributed by atoms with E-state index < -0.39 is 0 Å². The fourth-order valence-corrected chi connectivity index (χ4v) is 2.35. The molecule has 0 amide bonds. The molecule has 0 saturated heterocycles. The van der Waals surface area contributed by atoms with Gasteiger partial charge in [0.15, 0.2) is 0 Å². The van der Waals surface area contributed by atoms with E-state index in [1.54, 1.807) is 36.4 Å². The lowest BCUT2D eigenvalue weighted by atomic mass is 10.3. The number of rotatable bonds is 4. The average molecular weight is 343 g/mol. The first kappa shape index (κ1) is 14.0. The molecule has 0 bridgehead atoms. The van der Waals surface area contributed by atoms with Gasteiger partial charge in [0.1, 0.15) is 17.2 Å². The Labute approximate surface area is 125 Å². The predicted molar refractivity (Wildman–Crippen MR) is 81.2 cm³/mol. The molecule has 0 aliphatic rings. The van der Waals surface area contributed by atoms with E-state index in [1.807, 2.05) is 6.92 Å². The van der Waals surface area contributed by atoms with Gasteiger partial charge in [-0.05, 0) is 41.1 Å². The van der Waals surface area contributed by atoms with Crippen molar-refractivity contribution in [3.8, 4) is 17.2 Å². The van der Waals surface area contributed by atoms with Crippen molar-refractivity contribution >= 4 is 33.2 Å². The lowest BCUT2D eigenvalue weighted by Gasteiger charge is -2.11. The molecule has 100 valence electrons. The molecule has 0 aromatic heterocycles. The summed E-state index contributed by atoms with van der Waals surface area (Å²) in [6.07, 6.45) is 0. The van der Waals surface area contributed by atoms with Crippen LogP contribution in [0.1, 0.15) is 6.92 Å². The second-order valence-electron chi connectivity index (χ2n) is 3.85. The van der Waals surface area contributed by atoms with Crippen LogP contribution in [0.15, 0.2) is 40.9 Å². The normalized spacial score (nSPS) is 10.3. The van der Waals surface area contributed by atoms with Crippen molar-refractivity contribution in [1.82, 2.24) is 0 Å². The van der Waals surface area contributed by atoms with Crippen molar-refractivity contribution in [2.24, 2.45) is 0 Å². The second-order valence-corrected chi connectivity index (χ2v) is 5.14. The zero-order valence-electron chi connectivity index (χ0n) is 10.3. The Hall–Kier alpha value is -1.39. The molecule has 2 N–H and O–H groups in total. The molecule has 0 atom stereocenters. The highest BCUT2D eigenvalue weighted by molar-refractivity contribution is 9.10. The van der Waals surface area contributed by atoms with E-state index in [1.165, 1.54) is 0 Å². The number of anilines is 1. The van der Waals surface area contributed by atoms with E-state index in [-0.39, 0.29) is 0 Å². The van der Waals surface area contributed by atoms with E-state index in [0.29, 0.717) is 34.6 Å². The van der Waals surface area contributed by atoms with E-state index in [9.17, 15) is 0 Å². The lowest BCUT2D eigenvalue weighted by Crippen LogP contribution is -1.95. The first-order chi connectivity index (χ1) is 9.08. The minimum absolute atomic E-state index is 0.577. The molecular formula is C14H13BrClNO2. The van der Waals surface area contributed by atoms with Gasteiger partial charge in [0, 0.05) is 28.9 Å². The summed E-state index contributed by atoms with van der Waals surface area (Å²) in [5.74, 6) is 1.96. The van der Waals surface area contributed by atoms with Crippen molar-refractivity contribution in [3.05, 3.63) is 45.9 Å². The Morgan fingerprint density at radius 3 is 2.58 bits per heavy atom. The van der Waals surface area contributed by atoms with Crippen LogP contribution in [0.3, 0.4) is 0 Å². The summed E-state index contributed by atoms with van der Waals surface area (Å²) in [5, 5.41) is 0.641. The fraction of sp³-hybridized carbons (Fsp3) is 0.143. The summed E-state index contributed by atoms with van der Waals surface area (Å²) in [5.41, 5.74) is 6.40. The maximum absolute atomic E-state index is 5.89. The minimum atomic E-state index is 0.577. The largest absolute Gasteiger partial charge is 0.494 e. The van der Waals surface area contributed by atoms with Crippen molar-refractivity contribution in [1.29, 1.82) is 0 Å². The van der Waals surface area contributed by atoms with Crippen LogP contribution in [0, 0.1) is 0 Å². The molecule has 0 fully saturated rings. The molecule has 2 aromatic carbocycles. The molecule has 0 aliphatic heterocycles. The second kappa shape index (κ2) is 6.17. The quantitative estimate of drug-likeness (QED) is 0.806. The molecule has 0 radical (unpaired) electrons. The zero-order valence-corrected chi connectivity index (χ0v) is 12.7. The number of halogens is 2. The summed E-state index contributed by atoms with van der Waals surface area (Å²) in [6, 6.07) is 10.6. The maximum atomic E-state index is 5.89. The van der Waals surface area contributed by atoms with Gasteiger partial charge in [-0.3, -0.25) is 0 Å². The third-order valence-corrected chi connectivity index (χ3v) is 3.19. The van der Waals surface area contributed by atoms with Crippen molar-refractivity contribution in [2.75, 3.05) is 12.3 Å². The number of hydrogen-bond donors (Lipinski definition) is 1. The minimum Gasteiger partial charge on any atom is -0.494 e. The van der Waals surface area contributed by atoms with Gasteiger partial charge in [0.05, 0.1) is 11.1 Å². The van der Waals surface area contributed by atoms with Gasteiger partial charge < -0.3 is 15.2 Å². The monoisotopic (exact) mass is 341 g/mol. The van der Waals surface area contributed by atoms with E-state index in [2.05, 4.69) is 15.9 Å². The summed E-state index contributed by atoms with van der Waals surface area (Å²) in [7, 11) is 0. The SMILES string of the molecule is CCOc1cc(N)cc(Oc2ccc(Cl)cc2Br)c1. The first-order valence-corrected chi connectivity index (χ1v) is 6.92. The molecule has 0 aliphatic carbocycles. The third kappa shape index (κ3) is 3.78. The van der Waals surface area contributed by atoms with Crippen LogP contribution in [-0.4, -0.2) is 6.61 Å². The Morgan fingerprint density at radius 2 is 1.89 bits per heavy atom. The topological polar surface area (TPSA) is 44.5 Å². The van der Waals surface area contributed by atoms with E-state index in [4.69, 9.17) is 26.8 Å². The highest BCUT2D eigenvalue weighted by Gasteiger charge is 2.06. The number of hydrogen-bond acceptors (Lipinski definition) is 3. The van der Waals surface area contributed by atoms with Gasteiger partial charge in [-0.15, -0.1) is 0 Å². The van der Waals surface area contributed by atoms with Crippen LogP contribution in [0.2, 0.25) is 5.02 Å². The highest BCUT2D eigenvalue weighted by Crippen LogP contribution is 2.34. The molecule has 0 heterocycles. The molecule has 3 nitrogen and oxygen atoms in total. The molecule has 19 heavy (non-hydrogen) atoms. The van der Waals surface area contributed by atoms with Crippen molar-refractivity contribution < 1.29 is 9.47 Å². The number of ether oxygens (including phenoxy) is 2. The van der Waals surface area contributed by atoms with Gasteiger partial charge in [0.25, 0.3) is 0 Å². The lowest BCUT2D eigenvalue weighted by molar-refractivity contribution is 0.338. The molecule has 0 unspecified atom stereocenters. The van der Waals surface area contributed by atoms with E-state index >= 15 is 0 Å². The Kier molecular flexibility index (Phi) is 4.56. The van der Waals surface area contributed by atoms with Crippen molar-refractivity contribution in [2.45, 2.75) is 6.92 Å². The zero-order chi connectivity index (χ0) is 13.8. The molecule has 2 rings (SSSR count). The number of benzene rings is 2. The van der Waals surface area contributed by atoms with Gasteiger partial charge in [0.2, 0.25) is 0 Å². The van der Waals surface area contributed by atoms with Gasteiger partial charge in [-0.2, -0.15) is 0 Å². The van der Waals surface area contributed by atoms with Crippen LogP contribution < -0.4 is 15.2 Å². The summed E-state index contributed by atoms with van der Waals surface area (Å²) in [6.45, 7) is 2.49. The summed E-state index contributed by atoms with van der Waals surface area (Å²) in [4.78, 5) is 0. The van der Waals surface area contributed by atoms with Gasteiger partial charge in [-0.25, -0.2) is 0 Å². The van der Waals surface area contributed by atoms with Crippen LogP contribution in [-0.2, 0) is 0 Å². The van der Waals surface area contributed by atoms with Crippen molar-refractivity contribution in [3.63, 3.8) is 0 Å². The summed E-state index contributed by atoms with van der Waals surface area (Å²) >= 11 is 9.29. The van der Waals surface area contributed by atoms with Crippen LogP contribution in [0.5, 0.6) is 17.2 Å². The molecule has 2 aromatic rings. The standard InChI is InChI=1S/C14H13BrClNO2/c1-2-18-11-6-10(17)7-12(8-11)19-14-4-3-9(16)5-13(14)15/h3-8H,2,17H2,1H3. The fourth-order valence-electron chi connectivity index (χ4n) is 1.59. The highest BCUT2D eigenvalue weighted by atomic mass is 79.9. The third-order valence-electron chi connectivity index (χ3n) is 2.34. The van der Waals surface area contributed by atoms with Crippen LogP contribution in [0.4, 0.5) is 5.69 Å².